The van der Waals surface area contributed by atoms with Crippen molar-refractivity contribution in [2.75, 3.05) is 20.6 Å². The highest BCUT2D eigenvalue weighted by atomic mass is 35.5. The molecule has 0 aliphatic carbocycles. The quantitative estimate of drug-likeness (QED) is 0.401. The SMILES string of the molecule is CN(C)S(=O)(=O)n1cc[n+](CCCNC(=O)c2ccc(C#N)cc2)c1.[Cl-]. The number of carbonyl (C=O) groups is 1. The molecule has 0 radical (unpaired) electrons. The molecule has 10 heteroatoms. The number of hydrogen-bond acceptors (Lipinski definition) is 4. The van der Waals surface area contributed by atoms with Crippen LogP contribution in [0.1, 0.15) is 22.3 Å². The van der Waals surface area contributed by atoms with Gasteiger partial charge in [0.2, 0.25) is 0 Å². The van der Waals surface area contributed by atoms with Gasteiger partial charge in [-0.25, -0.2) is 4.57 Å². The fourth-order valence-corrected chi connectivity index (χ4v) is 2.92. The summed E-state index contributed by atoms with van der Waals surface area (Å²) in [6.45, 7) is 1.03. The van der Waals surface area contributed by atoms with Gasteiger partial charge in [-0.1, -0.05) is 0 Å². The van der Waals surface area contributed by atoms with Crippen LogP contribution in [0, 0.1) is 11.3 Å². The lowest BCUT2D eigenvalue weighted by molar-refractivity contribution is -0.696. The number of imidazole rings is 1. The third-order valence-electron chi connectivity index (χ3n) is 3.55. The zero-order valence-corrected chi connectivity index (χ0v) is 16.0. The molecule has 1 heterocycles. The predicted octanol–water partition coefficient (Wildman–Crippen LogP) is -2.87. The molecule has 0 aliphatic rings. The fourth-order valence-electron chi connectivity index (χ4n) is 2.09. The minimum Gasteiger partial charge on any atom is -1.00 e. The summed E-state index contributed by atoms with van der Waals surface area (Å²) in [7, 11) is -0.564. The molecule has 0 unspecified atom stereocenters. The van der Waals surface area contributed by atoms with Crippen LogP contribution in [-0.2, 0) is 16.8 Å². The van der Waals surface area contributed by atoms with Crippen LogP contribution in [0.15, 0.2) is 43.0 Å². The highest BCUT2D eigenvalue weighted by molar-refractivity contribution is 7.87. The molecule has 0 atom stereocenters. The van der Waals surface area contributed by atoms with Gasteiger partial charge in [0, 0.05) is 32.6 Å². The first kappa shape index (κ1) is 21.6. The summed E-state index contributed by atoms with van der Waals surface area (Å²) in [6.07, 6.45) is 5.30. The smallest absolute Gasteiger partial charge is 0.379 e. The topological polar surface area (TPSA) is 99.1 Å². The van der Waals surface area contributed by atoms with Crippen LogP contribution >= 0.6 is 0 Å². The van der Waals surface area contributed by atoms with Crippen molar-refractivity contribution >= 4 is 16.1 Å². The Morgan fingerprint density at radius 2 is 1.96 bits per heavy atom. The molecule has 0 aliphatic heterocycles. The molecule has 0 bridgehead atoms. The number of nitrogens with one attached hydrogen (secondary N) is 1. The van der Waals surface area contributed by atoms with E-state index in [1.54, 1.807) is 35.0 Å². The number of carbonyl (C=O) groups excluding carboxylic acids is 1. The maximum Gasteiger partial charge on any atom is 0.379 e. The number of aromatic nitrogens is 2. The van der Waals surface area contributed by atoms with Crippen LogP contribution in [0.5, 0.6) is 0 Å². The molecule has 26 heavy (non-hydrogen) atoms. The van der Waals surface area contributed by atoms with Gasteiger partial charge in [0.1, 0.15) is 12.4 Å². The Bertz CT molecular complexity index is 885. The minimum absolute atomic E-state index is 0. The molecule has 1 amide bonds. The molecule has 1 aromatic carbocycles. The Balaban J connectivity index is 0.00000338. The van der Waals surface area contributed by atoms with Crippen molar-refractivity contribution in [2.24, 2.45) is 0 Å². The highest BCUT2D eigenvalue weighted by Gasteiger charge is 2.22. The maximum absolute atomic E-state index is 12.0. The fraction of sp³-hybridized carbons (Fsp3) is 0.312. The zero-order chi connectivity index (χ0) is 18.4. The predicted molar refractivity (Wildman–Crippen MR) is 90.7 cm³/mol. The van der Waals surface area contributed by atoms with Gasteiger partial charge in [-0.05, 0) is 24.3 Å². The largest absolute Gasteiger partial charge is 1.00 e. The Morgan fingerprint density at radius 3 is 2.54 bits per heavy atom. The van der Waals surface area contributed by atoms with E-state index < -0.39 is 10.2 Å². The first-order valence-corrected chi connectivity index (χ1v) is 9.02. The van der Waals surface area contributed by atoms with E-state index in [9.17, 15) is 13.2 Å². The standard InChI is InChI=1S/C16H19N5O3S.ClH/c1-19(2)25(23,24)21-11-10-20(13-21)9-3-8-18-16(22)15-6-4-14(12-17)5-7-15;/h4-7,10-11,13H,3,8-9H2,1-2H3;1H. The lowest BCUT2D eigenvalue weighted by Crippen LogP contribution is -3.00. The summed E-state index contributed by atoms with van der Waals surface area (Å²) in [5.41, 5.74) is 1.00. The maximum atomic E-state index is 12.0. The van der Waals surface area contributed by atoms with E-state index in [0.29, 0.717) is 30.6 Å². The van der Waals surface area contributed by atoms with Gasteiger partial charge < -0.3 is 17.7 Å². The lowest BCUT2D eigenvalue weighted by Gasteiger charge is -2.06. The average Bonchev–Trinajstić information content (AvgIpc) is 3.08. The average molecular weight is 398 g/mol. The summed E-state index contributed by atoms with van der Waals surface area (Å²) >= 11 is 0. The van der Waals surface area contributed by atoms with Gasteiger partial charge >= 0.3 is 10.2 Å². The van der Waals surface area contributed by atoms with Crippen molar-refractivity contribution < 1.29 is 30.2 Å². The number of halogens is 1. The third kappa shape index (κ3) is 5.29. The van der Waals surface area contributed by atoms with Crippen LogP contribution in [0.3, 0.4) is 0 Å². The molecule has 2 rings (SSSR count). The molecule has 0 saturated carbocycles. The third-order valence-corrected chi connectivity index (χ3v) is 5.22. The van der Waals surface area contributed by atoms with E-state index in [-0.39, 0.29) is 18.3 Å². The molecule has 0 fully saturated rings. The summed E-state index contributed by atoms with van der Waals surface area (Å²) in [5.74, 6) is -0.206. The summed E-state index contributed by atoms with van der Waals surface area (Å²) in [4.78, 5) is 12.0. The summed E-state index contributed by atoms with van der Waals surface area (Å²) in [5, 5.41) is 11.5. The van der Waals surface area contributed by atoms with Crippen molar-refractivity contribution in [3.63, 3.8) is 0 Å². The normalized spacial score (nSPS) is 10.8. The van der Waals surface area contributed by atoms with Crippen molar-refractivity contribution in [1.82, 2.24) is 13.6 Å². The Kier molecular flexibility index (Phi) is 7.76. The Hall–Kier alpha value is -2.41. The molecule has 140 valence electrons. The number of hydrogen-bond donors (Lipinski definition) is 1. The van der Waals surface area contributed by atoms with Crippen LogP contribution in [0.4, 0.5) is 0 Å². The van der Waals surface area contributed by atoms with Crippen LogP contribution in [0.2, 0.25) is 0 Å². The first-order chi connectivity index (χ1) is 11.8. The second kappa shape index (κ2) is 9.33. The number of aryl methyl sites for hydroxylation is 1. The number of nitrogens with zero attached hydrogens (tertiary/aromatic N) is 4. The van der Waals surface area contributed by atoms with E-state index in [1.165, 1.54) is 26.6 Å². The van der Waals surface area contributed by atoms with E-state index >= 15 is 0 Å². The monoisotopic (exact) mass is 397 g/mol. The Labute approximate surface area is 159 Å². The van der Waals surface area contributed by atoms with Gasteiger partial charge in [-0.2, -0.15) is 18.0 Å². The van der Waals surface area contributed by atoms with Crippen molar-refractivity contribution in [1.29, 1.82) is 5.26 Å². The molecule has 2 aromatic rings. The number of amides is 1. The number of rotatable bonds is 7. The number of nitriles is 1. The summed E-state index contributed by atoms with van der Waals surface area (Å²) in [6, 6.07) is 8.40. The summed E-state index contributed by atoms with van der Waals surface area (Å²) < 4.78 is 28.0. The van der Waals surface area contributed by atoms with Crippen molar-refractivity contribution in [3.05, 3.63) is 54.1 Å². The second-order valence-electron chi connectivity index (χ2n) is 5.57. The van der Waals surface area contributed by atoms with Crippen LogP contribution < -0.4 is 22.3 Å². The molecular formula is C16H20ClN5O3S. The molecule has 1 aromatic heterocycles. The molecule has 0 spiro atoms. The minimum atomic E-state index is -3.51. The van der Waals surface area contributed by atoms with Crippen molar-refractivity contribution in [3.8, 4) is 6.07 Å². The molecular weight excluding hydrogens is 378 g/mol. The molecule has 0 saturated heterocycles. The Morgan fingerprint density at radius 1 is 1.31 bits per heavy atom. The lowest BCUT2D eigenvalue weighted by atomic mass is 10.1. The zero-order valence-electron chi connectivity index (χ0n) is 14.5. The van der Waals surface area contributed by atoms with E-state index in [1.807, 2.05) is 6.07 Å². The van der Waals surface area contributed by atoms with Gasteiger partial charge in [0.05, 0.1) is 18.2 Å². The van der Waals surface area contributed by atoms with E-state index in [2.05, 4.69) is 5.32 Å². The molecule has 8 nitrogen and oxygen atoms in total. The van der Waals surface area contributed by atoms with E-state index in [0.717, 1.165) is 8.28 Å². The van der Waals surface area contributed by atoms with Gasteiger partial charge in [-0.15, -0.1) is 3.97 Å². The van der Waals surface area contributed by atoms with Gasteiger partial charge in [0.15, 0.2) is 0 Å². The van der Waals surface area contributed by atoms with Crippen LogP contribution in [0.25, 0.3) is 0 Å². The first-order valence-electron chi connectivity index (χ1n) is 7.63. The second-order valence-corrected chi connectivity index (χ2v) is 7.62. The highest BCUT2D eigenvalue weighted by Crippen LogP contribution is 2.03. The molecule has 1 N–H and O–H groups in total. The van der Waals surface area contributed by atoms with E-state index in [4.69, 9.17) is 5.26 Å². The number of benzene rings is 1. The van der Waals surface area contributed by atoms with Crippen molar-refractivity contribution in [2.45, 2.75) is 13.0 Å². The van der Waals surface area contributed by atoms with Gasteiger partial charge in [-0.3, -0.25) is 4.79 Å². The van der Waals surface area contributed by atoms with Crippen LogP contribution in [-0.4, -0.2) is 43.2 Å². The van der Waals surface area contributed by atoms with Gasteiger partial charge in [0.25, 0.3) is 12.2 Å².